The van der Waals surface area contributed by atoms with E-state index in [2.05, 4.69) is 25.1 Å². The summed E-state index contributed by atoms with van der Waals surface area (Å²) in [5.41, 5.74) is 1.64. The minimum Gasteiger partial charge on any atom is -0.350 e. The third-order valence-electron chi connectivity index (χ3n) is 4.18. The lowest BCUT2D eigenvalue weighted by Crippen LogP contribution is -2.22. The normalized spacial score (nSPS) is 11.5. The lowest BCUT2D eigenvalue weighted by atomic mass is 10.4. The Kier molecular flexibility index (Phi) is 3.45. The second-order valence-corrected chi connectivity index (χ2v) is 5.78. The molecule has 0 N–H and O–H groups in total. The number of hydrogen-bond acceptors (Lipinski definition) is 7. The summed E-state index contributed by atoms with van der Waals surface area (Å²) in [6.07, 6.45) is 6.75. The SMILES string of the molecule is CCn1cnc2c(N(C)Cc3nnc4c(=O)n(C)ccn34)ncnc21. The van der Waals surface area contributed by atoms with Crippen molar-refractivity contribution in [3.05, 3.63) is 41.2 Å². The van der Waals surface area contributed by atoms with E-state index in [4.69, 9.17) is 0 Å². The Balaban J connectivity index is 1.74. The van der Waals surface area contributed by atoms with Crippen molar-refractivity contribution in [2.45, 2.75) is 20.0 Å². The maximum Gasteiger partial charge on any atom is 0.295 e. The van der Waals surface area contributed by atoms with Crippen LogP contribution in [0, 0.1) is 0 Å². The van der Waals surface area contributed by atoms with Crippen molar-refractivity contribution in [1.82, 2.24) is 38.7 Å². The highest BCUT2D eigenvalue weighted by Gasteiger charge is 2.16. The number of aromatic nitrogens is 8. The van der Waals surface area contributed by atoms with Gasteiger partial charge in [-0.2, -0.15) is 0 Å². The van der Waals surface area contributed by atoms with Gasteiger partial charge in [0.15, 0.2) is 22.8 Å². The molecule has 10 heteroatoms. The predicted molar refractivity (Wildman–Crippen MR) is 91.3 cm³/mol. The van der Waals surface area contributed by atoms with E-state index in [9.17, 15) is 4.79 Å². The van der Waals surface area contributed by atoms with Gasteiger partial charge in [-0.3, -0.25) is 9.20 Å². The van der Waals surface area contributed by atoms with Crippen molar-refractivity contribution in [1.29, 1.82) is 0 Å². The number of hydrogen-bond donors (Lipinski definition) is 0. The highest BCUT2D eigenvalue weighted by molar-refractivity contribution is 5.83. The van der Waals surface area contributed by atoms with Gasteiger partial charge in [0.25, 0.3) is 5.56 Å². The summed E-state index contributed by atoms with van der Waals surface area (Å²) in [6.45, 7) is 3.25. The molecular formula is C15H17N9O. The molecule has 0 bridgehead atoms. The molecule has 0 saturated heterocycles. The molecule has 0 saturated carbocycles. The molecule has 128 valence electrons. The van der Waals surface area contributed by atoms with Crippen molar-refractivity contribution in [2.75, 3.05) is 11.9 Å². The zero-order chi connectivity index (χ0) is 17.6. The summed E-state index contributed by atoms with van der Waals surface area (Å²) in [5, 5.41) is 8.16. The first-order valence-electron chi connectivity index (χ1n) is 7.86. The average molecular weight is 339 g/mol. The van der Waals surface area contributed by atoms with Crippen molar-refractivity contribution in [2.24, 2.45) is 7.05 Å². The Labute approximate surface area is 142 Å². The van der Waals surface area contributed by atoms with E-state index in [1.54, 1.807) is 30.2 Å². The van der Waals surface area contributed by atoms with Crippen molar-refractivity contribution in [3.63, 3.8) is 0 Å². The predicted octanol–water partition coefficient (Wildman–Crippen LogP) is 0.224. The Morgan fingerprint density at radius 3 is 2.76 bits per heavy atom. The third-order valence-corrected chi connectivity index (χ3v) is 4.18. The number of imidazole rings is 1. The van der Waals surface area contributed by atoms with Crippen LogP contribution in [0.15, 0.2) is 29.8 Å². The monoisotopic (exact) mass is 339 g/mol. The lowest BCUT2D eigenvalue weighted by molar-refractivity contribution is 0.775. The molecule has 0 aromatic carbocycles. The van der Waals surface area contributed by atoms with Gasteiger partial charge in [-0.1, -0.05) is 0 Å². The minimum absolute atomic E-state index is 0.185. The highest BCUT2D eigenvalue weighted by atomic mass is 16.1. The van der Waals surface area contributed by atoms with Gasteiger partial charge in [-0.25, -0.2) is 15.0 Å². The van der Waals surface area contributed by atoms with Crippen molar-refractivity contribution in [3.8, 4) is 0 Å². The summed E-state index contributed by atoms with van der Waals surface area (Å²) >= 11 is 0. The van der Waals surface area contributed by atoms with E-state index >= 15 is 0 Å². The minimum atomic E-state index is -0.185. The molecule has 0 aliphatic rings. The number of fused-ring (bicyclic) bond motifs is 2. The number of rotatable bonds is 4. The van der Waals surface area contributed by atoms with Crippen LogP contribution in [-0.4, -0.2) is 45.7 Å². The third kappa shape index (κ3) is 2.33. The molecule has 4 aromatic heterocycles. The summed E-state index contributed by atoms with van der Waals surface area (Å²) in [5.74, 6) is 1.36. The van der Waals surface area contributed by atoms with Crippen LogP contribution in [0.4, 0.5) is 5.82 Å². The fourth-order valence-corrected chi connectivity index (χ4v) is 2.79. The maximum absolute atomic E-state index is 12.1. The molecule has 0 unspecified atom stereocenters. The van der Waals surface area contributed by atoms with Crippen LogP contribution in [-0.2, 0) is 20.1 Å². The topological polar surface area (TPSA) is 99.0 Å². The fraction of sp³-hybridized carbons (Fsp3) is 0.333. The van der Waals surface area contributed by atoms with E-state index in [0.717, 1.165) is 17.7 Å². The molecule has 4 aromatic rings. The van der Waals surface area contributed by atoms with Gasteiger partial charge in [0.05, 0.1) is 12.9 Å². The average Bonchev–Trinajstić information content (AvgIpc) is 3.22. The van der Waals surface area contributed by atoms with Crippen molar-refractivity contribution < 1.29 is 0 Å². The van der Waals surface area contributed by atoms with Crippen LogP contribution in [0.3, 0.4) is 0 Å². The first-order chi connectivity index (χ1) is 12.1. The zero-order valence-electron chi connectivity index (χ0n) is 14.2. The molecule has 4 heterocycles. The molecule has 0 aliphatic carbocycles. The summed E-state index contributed by atoms with van der Waals surface area (Å²) < 4.78 is 5.13. The van der Waals surface area contributed by atoms with E-state index in [1.807, 2.05) is 23.4 Å². The first kappa shape index (κ1) is 15.2. The summed E-state index contributed by atoms with van der Waals surface area (Å²) in [4.78, 5) is 27.1. The van der Waals surface area contributed by atoms with Crippen LogP contribution in [0.25, 0.3) is 16.8 Å². The number of nitrogens with zero attached hydrogens (tertiary/aromatic N) is 9. The molecule has 25 heavy (non-hydrogen) atoms. The van der Waals surface area contributed by atoms with Gasteiger partial charge in [-0.15, -0.1) is 10.2 Å². The van der Waals surface area contributed by atoms with Gasteiger partial charge in [-0.05, 0) is 6.92 Å². The largest absolute Gasteiger partial charge is 0.350 e. The molecule has 10 nitrogen and oxygen atoms in total. The van der Waals surface area contributed by atoms with Gasteiger partial charge < -0.3 is 14.0 Å². The molecule has 0 fully saturated rings. The summed E-state index contributed by atoms with van der Waals surface area (Å²) in [7, 11) is 3.58. The molecule has 4 rings (SSSR count). The Morgan fingerprint density at radius 1 is 1.12 bits per heavy atom. The second-order valence-electron chi connectivity index (χ2n) is 5.78. The van der Waals surface area contributed by atoms with E-state index in [1.165, 1.54) is 10.9 Å². The standard InChI is InChI=1S/C15H17N9O/c1-4-23-9-18-11-12(16-8-17-13(11)23)22(3)7-10-19-20-14-15(25)21(2)5-6-24(10)14/h5-6,8-9H,4,7H2,1-3H3. The Morgan fingerprint density at radius 2 is 1.96 bits per heavy atom. The van der Waals surface area contributed by atoms with Crippen LogP contribution in [0.2, 0.25) is 0 Å². The second kappa shape index (κ2) is 5.65. The van der Waals surface area contributed by atoms with Gasteiger partial charge >= 0.3 is 0 Å². The molecular weight excluding hydrogens is 322 g/mol. The van der Waals surface area contributed by atoms with Crippen LogP contribution in [0.1, 0.15) is 12.7 Å². The quantitative estimate of drug-likeness (QED) is 0.524. The zero-order valence-corrected chi connectivity index (χ0v) is 14.2. The Hall–Kier alpha value is -3.30. The van der Waals surface area contributed by atoms with Crippen LogP contribution >= 0.6 is 0 Å². The number of anilines is 1. The molecule has 0 spiro atoms. The van der Waals surface area contributed by atoms with Gasteiger partial charge in [0, 0.05) is 33.0 Å². The summed E-state index contributed by atoms with van der Waals surface area (Å²) in [6, 6.07) is 0. The first-order valence-corrected chi connectivity index (χ1v) is 7.86. The maximum atomic E-state index is 12.1. The molecule has 0 atom stereocenters. The Bertz CT molecular complexity index is 1120. The van der Waals surface area contributed by atoms with E-state index in [0.29, 0.717) is 23.8 Å². The lowest BCUT2D eigenvalue weighted by Gasteiger charge is -2.17. The van der Waals surface area contributed by atoms with Crippen LogP contribution < -0.4 is 10.5 Å². The van der Waals surface area contributed by atoms with Gasteiger partial charge in [0.1, 0.15) is 6.33 Å². The van der Waals surface area contributed by atoms with Gasteiger partial charge in [0.2, 0.25) is 5.65 Å². The molecule has 0 aliphatic heterocycles. The van der Waals surface area contributed by atoms with Crippen molar-refractivity contribution >= 4 is 22.6 Å². The molecule has 0 amide bonds. The number of aryl methyl sites for hydroxylation is 2. The van der Waals surface area contributed by atoms with E-state index < -0.39 is 0 Å². The fourth-order valence-electron chi connectivity index (χ4n) is 2.79. The highest BCUT2D eigenvalue weighted by Crippen LogP contribution is 2.21. The van der Waals surface area contributed by atoms with E-state index in [-0.39, 0.29) is 5.56 Å². The molecule has 0 radical (unpaired) electrons. The van der Waals surface area contributed by atoms with Crippen LogP contribution in [0.5, 0.6) is 0 Å². The smallest absolute Gasteiger partial charge is 0.295 e.